The third-order valence-corrected chi connectivity index (χ3v) is 4.66. The van der Waals surface area contributed by atoms with E-state index in [4.69, 9.17) is 26.8 Å². The van der Waals surface area contributed by atoms with E-state index in [0.29, 0.717) is 29.5 Å². The number of thiol groups is 1. The summed E-state index contributed by atoms with van der Waals surface area (Å²) >= 11 is 6.29. The van der Waals surface area contributed by atoms with Gasteiger partial charge in [0.05, 0.1) is 24.8 Å². The van der Waals surface area contributed by atoms with Gasteiger partial charge in [-0.3, -0.25) is 5.73 Å². The first-order chi connectivity index (χ1) is 12.6. The smallest absolute Gasteiger partial charge is 0.340 e. The molecule has 0 aliphatic rings. The van der Waals surface area contributed by atoms with Crippen molar-refractivity contribution < 1.29 is 19.0 Å². The Kier molecular flexibility index (Phi) is 7.72. The van der Waals surface area contributed by atoms with E-state index in [9.17, 15) is 4.79 Å². The topological polar surface area (TPSA) is 70.8 Å². The van der Waals surface area contributed by atoms with E-state index in [2.05, 4.69) is 4.74 Å². The Morgan fingerprint density at radius 2 is 1.88 bits per heavy atom. The summed E-state index contributed by atoms with van der Waals surface area (Å²) < 4.78 is 15.9. The monoisotopic (exact) mass is 393 g/mol. The zero-order valence-electron chi connectivity index (χ0n) is 14.4. The Hall–Kier alpha value is -2.28. The predicted octanol–water partition coefficient (Wildman–Crippen LogP) is 3.48. The number of rotatable bonds is 7. The molecule has 0 aliphatic heterocycles. The Morgan fingerprint density at radius 1 is 1.15 bits per heavy atom. The third kappa shape index (κ3) is 5.36. The van der Waals surface area contributed by atoms with Crippen LogP contribution in [-0.2, 0) is 16.1 Å². The van der Waals surface area contributed by atoms with Crippen LogP contribution in [0.4, 0.5) is 0 Å². The molecule has 2 N–H and O–H groups in total. The van der Waals surface area contributed by atoms with Gasteiger partial charge in [-0.15, -0.1) is 0 Å². The minimum absolute atomic E-state index is 0.124. The van der Waals surface area contributed by atoms with Gasteiger partial charge in [0.1, 0.15) is 6.61 Å². The quantitative estimate of drug-likeness (QED) is 0.326. The fourth-order valence-corrected chi connectivity index (χ4v) is 3.27. The molecular weight excluding hydrogens is 374 g/mol. The lowest BCUT2D eigenvalue weighted by Crippen LogP contribution is -2.20. The van der Waals surface area contributed by atoms with Crippen LogP contribution in [0.15, 0.2) is 64.5 Å². The number of halogens is 1. The molecule has 0 amide bonds. The molecule has 0 bridgehead atoms. The molecule has 2 aromatic rings. The van der Waals surface area contributed by atoms with Crippen molar-refractivity contribution in [1.82, 2.24) is 0 Å². The van der Waals surface area contributed by atoms with E-state index < -0.39 is 5.97 Å². The summed E-state index contributed by atoms with van der Waals surface area (Å²) in [5, 5.41) is 0. The lowest BCUT2D eigenvalue weighted by Gasteiger charge is -2.12. The Balaban J connectivity index is 2.25. The first kappa shape index (κ1) is 20.0. The van der Waals surface area contributed by atoms with Crippen molar-refractivity contribution in [3.63, 3.8) is 0 Å². The Labute approximate surface area is 161 Å². The van der Waals surface area contributed by atoms with E-state index in [1.165, 1.54) is 7.11 Å². The van der Waals surface area contributed by atoms with Gasteiger partial charge in [-0.25, -0.2) is 4.79 Å². The zero-order valence-corrected chi connectivity index (χ0v) is 16.1. The van der Waals surface area contributed by atoms with Gasteiger partial charge in [-0.1, -0.05) is 41.9 Å². The molecule has 0 heterocycles. The largest absolute Gasteiger partial charge is 0.493 e. The Bertz CT molecular complexity index is 822. The highest BCUT2D eigenvalue weighted by atomic mass is 35.5. The van der Waals surface area contributed by atoms with Crippen molar-refractivity contribution >= 4 is 33.9 Å². The summed E-state index contributed by atoms with van der Waals surface area (Å²) in [4.78, 5) is 12.8. The van der Waals surface area contributed by atoms with Gasteiger partial charge in [-0.05, 0) is 23.8 Å². The molecule has 0 atom stereocenters. The van der Waals surface area contributed by atoms with Crippen molar-refractivity contribution in [3.8, 4) is 11.5 Å². The SMILES string of the molecule is COC(=O)C(=CCl)C(N)=[SH]c1ccc(OC)c(OCc2ccccc2)c1. The highest BCUT2D eigenvalue weighted by molar-refractivity contribution is 7.99. The molecule has 138 valence electrons. The molecule has 0 unspecified atom stereocenters. The maximum Gasteiger partial charge on any atom is 0.340 e. The summed E-state index contributed by atoms with van der Waals surface area (Å²) in [6.45, 7) is 0.408. The van der Waals surface area contributed by atoms with Crippen LogP contribution in [0.2, 0.25) is 0 Å². The van der Waals surface area contributed by atoms with Crippen molar-refractivity contribution in [2.45, 2.75) is 11.5 Å². The summed E-state index contributed by atoms with van der Waals surface area (Å²) in [6, 6.07) is 15.3. The number of hydrogen-bond donors (Lipinski definition) is 2. The molecule has 26 heavy (non-hydrogen) atoms. The average molecular weight is 394 g/mol. The van der Waals surface area contributed by atoms with Gasteiger partial charge in [0, 0.05) is 10.4 Å². The van der Waals surface area contributed by atoms with Gasteiger partial charge in [0.2, 0.25) is 0 Å². The first-order valence-electron chi connectivity index (χ1n) is 7.67. The normalized spacial score (nSPS) is 12.2. The second-order valence-electron chi connectivity index (χ2n) is 5.12. The second kappa shape index (κ2) is 10.0. The van der Waals surface area contributed by atoms with Gasteiger partial charge in [0.25, 0.3) is 0 Å². The lowest BCUT2D eigenvalue weighted by atomic mass is 10.2. The summed E-state index contributed by atoms with van der Waals surface area (Å²) in [7, 11) is 2.85. The average Bonchev–Trinajstić information content (AvgIpc) is 2.67. The number of ether oxygens (including phenoxy) is 3. The number of nitrogens with two attached hydrogens (primary N) is 1. The fraction of sp³-hybridized carbons (Fsp3) is 0.158. The molecule has 2 aromatic carbocycles. The van der Waals surface area contributed by atoms with Crippen molar-refractivity contribution in [1.29, 1.82) is 0 Å². The maximum atomic E-state index is 11.7. The first-order valence-corrected chi connectivity index (χ1v) is 9.00. The number of carbonyl (C=O) groups excluding carboxylic acids is 1. The van der Waals surface area contributed by atoms with Crippen LogP contribution in [0.5, 0.6) is 11.5 Å². The van der Waals surface area contributed by atoms with Gasteiger partial charge in [-0.2, -0.15) is 11.4 Å². The number of methoxy groups -OCH3 is 2. The molecule has 5 nitrogen and oxygen atoms in total. The van der Waals surface area contributed by atoms with E-state index in [0.717, 1.165) is 16.0 Å². The van der Waals surface area contributed by atoms with E-state index in [1.807, 2.05) is 42.5 Å². The van der Waals surface area contributed by atoms with Crippen LogP contribution in [0, 0.1) is 0 Å². The molecule has 0 fully saturated rings. The molecular formula is C19H20ClNO4S. The van der Waals surface area contributed by atoms with Crippen LogP contribution >= 0.6 is 23.0 Å². The number of esters is 1. The van der Waals surface area contributed by atoms with Gasteiger partial charge < -0.3 is 14.2 Å². The molecule has 2 rings (SSSR count). The maximum absolute atomic E-state index is 11.7. The molecule has 0 saturated carbocycles. The molecule has 0 radical (unpaired) electrons. The van der Waals surface area contributed by atoms with E-state index >= 15 is 0 Å². The minimum atomic E-state index is -0.584. The van der Waals surface area contributed by atoms with Crippen molar-refractivity contribution in [2.75, 3.05) is 14.2 Å². The van der Waals surface area contributed by atoms with Crippen LogP contribution in [0.25, 0.3) is 0 Å². The van der Waals surface area contributed by atoms with Crippen LogP contribution < -0.4 is 15.2 Å². The minimum Gasteiger partial charge on any atom is -0.493 e. The molecule has 7 heteroatoms. The van der Waals surface area contributed by atoms with Gasteiger partial charge >= 0.3 is 5.97 Å². The highest BCUT2D eigenvalue weighted by Crippen LogP contribution is 2.31. The van der Waals surface area contributed by atoms with E-state index in [1.54, 1.807) is 13.2 Å². The van der Waals surface area contributed by atoms with Crippen LogP contribution in [0.1, 0.15) is 5.56 Å². The zero-order chi connectivity index (χ0) is 18.9. The predicted molar refractivity (Wildman–Crippen MR) is 106 cm³/mol. The number of hydrogen-bond acceptors (Lipinski definition) is 4. The number of carbonyl (C=O) groups is 1. The van der Waals surface area contributed by atoms with Crippen LogP contribution in [0.3, 0.4) is 0 Å². The lowest BCUT2D eigenvalue weighted by molar-refractivity contribution is -0.135. The summed E-state index contributed by atoms with van der Waals surface area (Å²) in [5.41, 5.74) is 8.28. The molecule has 0 aromatic heterocycles. The highest BCUT2D eigenvalue weighted by Gasteiger charge is 2.13. The molecule has 0 aliphatic carbocycles. The van der Waals surface area contributed by atoms with Crippen LogP contribution in [-0.4, -0.2) is 25.2 Å². The number of benzene rings is 2. The summed E-state index contributed by atoms with van der Waals surface area (Å²) in [6.07, 6.45) is 0. The standard InChI is InChI=1S/C19H20ClNO4S/c1-23-16-9-8-14(26-18(21)15(11-20)19(22)24-2)10-17(16)25-12-13-6-4-3-5-7-13/h3-11,26H,12,21H2,1-2H3. The van der Waals surface area contributed by atoms with E-state index in [-0.39, 0.29) is 10.6 Å². The fourth-order valence-electron chi connectivity index (χ4n) is 2.10. The molecule has 0 spiro atoms. The molecule has 0 saturated heterocycles. The van der Waals surface area contributed by atoms with Gasteiger partial charge in [0.15, 0.2) is 11.5 Å². The van der Waals surface area contributed by atoms with Crippen molar-refractivity contribution in [2.24, 2.45) is 5.73 Å². The Morgan fingerprint density at radius 3 is 2.50 bits per heavy atom. The third-order valence-electron chi connectivity index (χ3n) is 3.42. The van der Waals surface area contributed by atoms with Crippen molar-refractivity contribution in [3.05, 3.63) is 65.2 Å². The summed E-state index contributed by atoms with van der Waals surface area (Å²) in [5.74, 6) is 0.613. The second-order valence-corrected chi connectivity index (χ2v) is 6.56.